The molecule has 0 saturated carbocycles. The van der Waals surface area contributed by atoms with E-state index in [0.717, 1.165) is 20.5 Å². The van der Waals surface area contributed by atoms with Gasteiger partial charge in [-0.15, -0.1) is 11.3 Å². The smallest absolute Gasteiger partial charge is 0.246 e. The second-order valence-electron chi connectivity index (χ2n) is 27.9. The molecule has 25 heteroatoms. The first-order valence-electron chi connectivity index (χ1n) is 32.7. The van der Waals surface area contributed by atoms with Crippen molar-refractivity contribution in [2.45, 2.75) is 249 Å². The second-order valence-corrected chi connectivity index (χ2v) is 29.0. The third-order valence-corrected chi connectivity index (χ3v) is 18.4. The van der Waals surface area contributed by atoms with Crippen LogP contribution in [0, 0.1) is 48.3 Å². The van der Waals surface area contributed by atoms with Crippen molar-refractivity contribution >= 4 is 76.3 Å². The number of carbonyl (C=O) groups excluding carboxylic acids is 11. The van der Waals surface area contributed by atoms with Gasteiger partial charge >= 0.3 is 0 Å². The van der Waals surface area contributed by atoms with Crippen molar-refractivity contribution in [2.75, 3.05) is 49.3 Å². The molecule has 0 radical (unpaired) electrons. The lowest BCUT2D eigenvalue weighted by Gasteiger charge is -2.41. The highest BCUT2D eigenvalue weighted by Crippen LogP contribution is 2.27. The van der Waals surface area contributed by atoms with Gasteiger partial charge < -0.3 is 60.7 Å². The van der Waals surface area contributed by atoms with Gasteiger partial charge in [-0.25, -0.2) is 4.98 Å². The number of amides is 11. The predicted octanol–water partition coefficient (Wildman–Crippen LogP) is 4.48. The van der Waals surface area contributed by atoms with Crippen LogP contribution in [0.25, 0.3) is 0 Å². The molecule has 1 aromatic rings. The Morgan fingerprint density at radius 3 is 1.35 bits per heavy atom. The first-order valence-corrected chi connectivity index (χ1v) is 33.6. The number of aliphatic hydroxyl groups is 1. The predicted molar refractivity (Wildman–Crippen MR) is 353 cm³/mol. The molecule has 24 nitrogen and oxygen atoms in total. The van der Waals surface area contributed by atoms with Gasteiger partial charge in [0, 0.05) is 54.7 Å². The molecule has 0 aliphatic carbocycles. The van der Waals surface area contributed by atoms with Crippen molar-refractivity contribution in [3.8, 4) is 0 Å². The third kappa shape index (κ3) is 22.2. The molecule has 1 aromatic heterocycles. The number of carbonyl (C=O) groups is 11. The Kier molecular flexibility index (Phi) is 32.2. The lowest BCUT2D eigenvalue weighted by molar-refractivity contribution is -0.157. The van der Waals surface area contributed by atoms with Crippen LogP contribution >= 0.6 is 11.3 Å². The summed E-state index contributed by atoms with van der Waals surface area (Å²) in [5.41, 5.74) is 0.881. The maximum absolute atomic E-state index is 15.4. The maximum Gasteiger partial charge on any atom is 0.246 e. The summed E-state index contributed by atoms with van der Waals surface area (Å²) in [5, 5.41) is 26.4. The highest BCUT2D eigenvalue weighted by Gasteiger charge is 2.46. The van der Waals surface area contributed by atoms with Gasteiger partial charge in [-0.3, -0.25) is 52.7 Å². The molecule has 1 aliphatic heterocycles. The fraction of sp³-hybridized carbons (Fsp3) is 0.788. The first-order chi connectivity index (χ1) is 42.0. The number of likely N-dealkylation sites (N-methyl/N-ethyl adjacent to an activating group) is 7. The van der Waals surface area contributed by atoms with Gasteiger partial charge in [-0.2, -0.15) is 0 Å². The molecule has 2 heterocycles. The van der Waals surface area contributed by atoms with Crippen LogP contribution in [-0.4, -0.2) is 231 Å². The summed E-state index contributed by atoms with van der Waals surface area (Å²) in [6.45, 7) is 31.6. The molecule has 2 rings (SSSR count). The maximum atomic E-state index is 15.4. The summed E-state index contributed by atoms with van der Waals surface area (Å²) in [5.74, 6) is -9.78. The Morgan fingerprint density at radius 2 is 0.901 bits per heavy atom. The zero-order chi connectivity index (χ0) is 70.1. The monoisotopic (exact) mass is 1300 g/mol. The van der Waals surface area contributed by atoms with Crippen LogP contribution < -0.4 is 21.3 Å². The van der Waals surface area contributed by atoms with E-state index in [2.05, 4.69) is 26.3 Å². The third-order valence-electron chi connectivity index (χ3n) is 17.6. The van der Waals surface area contributed by atoms with Gasteiger partial charge in [-0.1, -0.05) is 96.9 Å². The van der Waals surface area contributed by atoms with Crippen molar-refractivity contribution < 1.29 is 57.8 Å². The molecule has 1 fully saturated rings. The van der Waals surface area contributed by atoms with E-state index in [1.165, 1.54) is 106 Å². The summed E-state index contributed by atoms with van der Waals surface area (Å²) in [6, 6.07) is -13.7. The number of rotatable bonds is 17. The van der Waals surface area contributed by atoms with Gasteiger partial charge in [0.25, 0.3) is 0 Å². The van der Waals surface area contributed by atoms with Crippen molar-refractivity contribution in [3.05, 3.63) is 16.1 Å². The van der Waals surface area contributed by atoms with Crippen LogP contribution in [0.2, 0.25) is 0 Å². The lowest BCUT2D eigenvalue weighted by Crippen LogP contribution is -2.64. The number of aryl methyl sites for hydroxylation is 2. The highest BCUT2D eigenvalue weighted by atomic mass is 32.1. The largest absolute Gasteiger partial charge is 0.390 e. The summed E-state index contributed by atoms with van der Waals surface area (Å²) >= 11 is 1.52. The van der Waals surface area contributed by atoms with Crippen molar-refractivity contribution in [1.29, 1.82) is 0 Å². The first kappa shape index (κ1) is 80.9. The van der Waals surface area contributed by atoms with Crippen LogP contribution in [0.4, 0.5) is 0 Å². The normalized spacial score (nSPS) is 26.7. The Labute approximate surface area is 547 Å². The quantitative estimate of drug-likeness (QED) is 0.144. The van der Waals surface area contributed by atoms with Crippen LogP contribution in [-0.2, 0) is 59.2 Å². The summed E-state index contributed by atoms with van der Waals surface area (Å²) in [7, 11) is 10.00. The standard InChI is InChI=1S/C66H116N12O12S/c1-26-47-62(86)72(19)44(17)61(85)73(20)49(31-36(4)5)58(82)71-52(39(10)11)65(89)74(21)48(30-35(2)3)57(81)67-42(15)56(80)68-43(16)60(84)75(22)50(32-37(6)7)63(87)76(23)51(33-38(8)9)64(88)77(24)53(40(12)13)66(90)78(25)54(59(83)70-47)55(79)41(14)28-27-29-46-34-91-45(18)69-46/h34-44,47-55,79H,26-33H2,1-25H3,(H,67,81)(H,68,80)(H,70,83)(H,71,82)/t41-,42+,43-,44-,47+,48+,49+,50+,51+,52+,53+,54-,55-/m1/s1. The van der Waals surface area contributed by atoms with Crippen LogP contribution in [0.1, 0.15) is 173 Å². The van der Waals surface area contributed by atoms with Crippen molar-refractivity contribution in [2.24, 2.45) is 41.4 Å². The van der Waals surface area contributed by atoms with Crippen LogP contribution in [0.3, 0.4) is 0 Å². The average molecular weight is 1300 g/mol. The van der Waals surface area contributed by atoms with Gasteiger partial charge in [-0.05, 0) is 120 Å². The van der Waals surface area contributed by atoms with Crippen LogP contribution in [0.5, 0.6) is 0 Å². The Hall–Kier alpha value is -6.24. The van der Waals surface area contributed by atoms with Crippen LogP contribution in [0.15, 0.2) is 5.38 Å². The topological polar surface area (TPSA) is 292 Å². The second kappa shape index (κ2) is 36.3. The fourth-order valence-corrected chi connectivity index (χ4v) is 12.4. The van der Waals surface area contributed by atoms with E-state index in [9.17, 15) is 38.7 Å². The van der Waals surface area contributed by atoms with Gasteiger partial charge in [0.2, 0.25) is 65.0 Å². The summed E-state index contributed by atoms with van der Waals surface area (Å²) in [6.07, 6.45) is 0.663. The molecule has 1 saturated heterocycles. The Balaban J connectivity index is 3.00. The van der Waals surface area contributed by atoms with Gasteiger partial charge in [0.05, 0.1) is 16.8 Å². The minimum Gasteiger partial charge on any atom is -0.390 e. The molecule has 0 bridgehead atoms. The number of hydrogen-bond acceptors (Lipinski definition) is 14. The van der Waals surface area contributed by atoms with Gasteiger partial charge in [0.15, 0.2) is 0 Å². The molecular weight excluding hydrogens is 1180 g/mol. The zero-order valence-electron chi connectivity index (χ0n) is 59.6. The van der Waals surface area contributed by atoms with E-state index in [-0.39, 0.29) is 55.8 Å². The molecule has 518 valence electrons. The molecule has 0 spiro atoms. The number of thiazole rings is 1. The molecule has 0 unspecified atom stereocenters. The number of hydrogen-bond donors (Lipinski definition) is 5. The zero-order valence-corrected chi connectivity index (χ0v) is 60.4. The van der Waals surface area contributed by atoms with E-state index in [1.54, 1.807) is 41.5 Å². The number of nitrogens with zero attached hydrogens (tertiary/aromatic N) is 8. The molecule has 13 atom stereocenters. The Bertz CT molecular complexity index is 2650. The SMILES string of the molecule is CC[C@@H]1NC(=O)[C@@H]([C@H](O)[C@H](C)CCCc2csc(C)n2)N(C)C(=O)[C@H](C(C)C)N(C)C(=O)[C@H](CC(C)C)N(C)C(=O)[C@H](CC(C)C)N(C)C(=O)[C@@H](C)NC(=O)[C@H](C)NC(=O)[C@H](CC(C)C)N(C)C(=O)[C@H](C(C)C)NC(=O)[C@H](CC(C)C)N(C)C(=O)[C@@H](C)N(C)C1=O. The Morgan fingerprint density at radius 1 is 0.473 bits per heavy atom. The number of aromatic nitrogens is 1. The van der Waals surface area contributed by atoms with Crippen molar-refractivity contribution in [3.63, 3.8) is 0 Å². The molecule has 1 aliphatic rings. The number of nitrogens with one attached hydrogen (secondary N) is 4. The van der Waals surface area contributed by atoms with E-state index in [4.69, 9.17) is 0 Å². The highest BCUT2D eigenvalue weighted by molar-refractivity contribution is 7.09. The van der Waals surface area contributed by atoms with E-state index < -0.39 is 155 Å². The van der Waals surface area contributed by atoms with Gasteiger partial charge in [0.1, 0.15) is 66.5 Å². The molecule has 5 N–H and O–H groups in total. The van der Waals surface area contributed by atoms with Crippen molar-refractivity contribution in [1.82, 2.24) is 60.6 Å². The number of aliphatic hydroxyl groups excluding tert-OH is 1. The minimum absolute atomic E-state index is 0.0102. The summed E-state index contributed by atoms with van der Waals surface area (Å²) in [4.78, 5) is 175. The average Bonchev–Trinajstić information content (AvgIpc) is 1.24. The fourth-order valence-electron chi connectivity index (χ4n) is 11.7. The van der Waals surface area contributed by atoms with E-state index in [0.29, 0.717) is 19.3 Å². The summed E-state index contributed by atoms with van der Waals surface area (Å²) < 4.78 is 0. The lowest BCUT2D eigenvalue weighted by atomic mass is 9.90. The molecule has 91 heavy (non-hydrogen) atoms. The molecule has 11 amide bonds. The van der Waals surface area contributed by atoms with E-state index in [1.807, 2.05) is 67.7 Å². The molecular formula is C66H116N12O12S. The minimum atomic E-state index is -1.63. The molecule has 0 aromatic carbocycles. The van der Waals surface area contributed by atoms with E-state index >= 15 is 19.2 Å².